The highest BCUT2D eigenvalue weighted by Crippen LogP contribution is 2.30. The van der Waals surface area contributed by atoms with Gasteiger partial charge in [0.1, 0.15) is 0 Å². The first-order chi connectivity index (χ1) is 8.22. The maximum Gasteiger partial charge on any atom is 0.0579 e. The van der Waals surface area contributed by atoms with Crippen molar-refractivity contribution in [2.45, 2.75) is 38.6 Å². The van der Waals surface area contributed by atoms with E-state index in [0.717, 1.165) is 29.8 Å². The van der Waals surface area contributed by atoms with Crippen molar-refractivity contribution in [1.29, 1.82) is 0 Å². The highest BCUT2D eigenvalue weighted by Gasteiger charge is 2.24. The standard InChI is InChI=1S/C14H22N2O/c1-10-5-4-8-13(14(10)15)16-12-7-3-2-6-11(12)9-17/h4-5,8,11-12,16-17H,2-3,6-7,9,15H2,1H3. The van der Waals surface area contributed by atoms with E-state index in [4.69, 9.17) is 5.73 Å². The highest BCUT2D eigenvalue weighted by molar-refractivity contribution is 5.69. The van der Waals surface area contributed by atoms with Gasteiger partial charge in [0.05, 0.1) is 11.4 Å². The van der Waals surface area contributed by atoms with Crippen LogP contribution in [-0.4, -0.2) is 17.8 Å². The van der Waals surface area contributed by atoms with Gasteiger partial charge in [-0.1, -0.05) is 25.0 Å². The number of para-hydroxylation sites is 1. The molecule has 3 nitrogen and oxygen atoms in total. The number of rotatable bonds is 3. The Morgan fingerprint density at radius 2 is 2.12 bits per heavy atom. The number of hydrogen-bond acceptors (Lipinski definition) is 3. The van der Waals surface area contributed by atoms with Crippen LogP contribution in [0, 0.1) is 12.8 Å². The topological polar surface area (TPSA) is 58.3 Å². The Morgan fingerprint density at radius 3 is 2.88 bits per heavy atom. The van der Waals surface area contributed by atoms with Crippen LogP contribution in [0.3, 0.4) is 0 Å². The van der Waals surface area contributed by atoms with Crippen molar-refractivity contribution in [2.75, 3.05) is 17.7 Å². The third-order valence-corrected chi connectivity index (χ3v) is 3.81. The van der Waals surface area contributed by atoms with Crippen LogP contribution in [0.25, 0.3) is 0 Å². The fraction of sp³-hybridized carbons (Fsp3) is 0.571. The minimum Gasteiger partial charge on any atom is -0.397 e. The molecule has 0 spiro atoms. The number of aliphatic hydroxyl groups is 1. The van der Waals surface area contributed by atoms with Crippen LogP contribution < -0.4 is 11.1 Å². The maximum absolute atomic E-state index is 9.39. The zero-order chi connectivity index (χ0) is 12.3. The summed E-state index contributed by atoms with van der Waals surface area (Å²) in [7, 11) is 0. The second-order valence-corrected chi connectivity index (χ2v) is 5.01. The van der Waals surface area contributed by atoms with E-state index in [2.05, 4.69) is 5.32 Å². The third-order valence-electron chi connectivity index (χ3n) is 3.81. The first-order valence-corrected chi connectivity index (χ1v) is 6.45. The second kappa shape index (κ2) is 5.41. The molecular formula is C14H22N2O. The summed E-state index contributed by atoms with van der Waals surface area (Å²) in [5, 5.41) is 12.9. The molecule has 2 rings (SSSR count). The molecular weight excluding hydrogens is 212 g/mol. The number of benzene rings is 1. The van der Waals surface area contributed by atoms with Gasteiger partial charge in [-0.25, -0.2) is 0 Å². The molecule has 0 aromatic heterocycles. The molecule has 1 aliphatic carbocycles. The molecule has 0 radical (unpaired) electrons. The first kappa shape index (κ1) is 12.2. The largest absolute Gasteiger partial charge is 0.397 e. The van der Waals surface area contributed by atoms with E-state index < -0.39 is 0 Å². The minimum atomic E-state index is 0.267. The van der Waals surface area contributed by atoms with Crippen molar-refractivity contribution in [3.8, 4) is 0 Å². The van der Waals surface area contributed by atoms with Crippen LogP contribution in [0.2, 0.25) is 0 Å². The van der Waals surface area contributed by atoms with Crippen molar-refractivity contribution >= 4 is 11.4 Å². The SMILES string of the molecule is Cc1cccc(NC2CCCCC2CO)c1N. The van der Waals surface area contributed by atoms with Gasteiger partial charge in [0, 0.05) is 18.6 Å². The van der Waals surface area contributed by atoms with Gasteiger partial charge in [-0.05, 0) is 31.4 Å². The molecule has 0 saturated heterocycles. The van der Waals surface area contributed by atoms with Gasteiger partial charge < -0.3 is 16.2 Å². The number of anilines is 2. The Morgan fingerprint density at radius 1 is 1.35 bits per heavy atom. The van der Waals surface area contributed by atoms with Crippen LogP contribution in [-0.2, 0) is 0 Å². The van der Waals surface area contributed by atoms with Gasteiger partial charge in [0.2, 0.25) is 0 Å². The summed E-state index contributed by atoms with van der Waals surface area (Å²) in [4.78, 5) is 0. The van der Waals surface area contributed by atoms with Crippen molar-refractivity contribution in [1.82, 2.24) is 0 Å². The van der Waals surface area contributed by atoms with Crippen molar-refractivity contribution < 1.29 is 5.11 Å². The Labute approximate surface area is 103 Å². The predicted molar refractivity (Wildman–Crippen MR) is 72.0 cm³/mol. The lowest BCUT2D eigenvalue weighted by molar-refractivity contribution is 0.178. The summed E-state index contributed by atoms with van der Waals surface area (Å²) in [5.41, 5.74) is 9.00. The number of nitrogens with one attached hydrogen (secondary N) is 1. The van der Waals surface area contributed by atoms with Crippen molar-refractivity contribution in [2.24, 2.45) is 5.92 Å². The van der Waals surface area contributed by atoms with E-state index in [1.54, 1.807) is 0 Å². The summed E-state index contributed by atoms with van der Waals surface area (Å²) in [5.74, 6) is 0.365. The number of aryl methyl sites for hydroxylation is 1. The van der Waals surface area contributed by atoms with E-state index >= 15 is 0 Å². The molecule has 1 aromatic rings. The smallest absolute Gasteiger partial charge is 0.0579 e. The third kappa shape index (κ3) is 2.72. The highest BCUT2D eigenvalue weighted by atomic mass is 16.3. The van der Waals surface area contributed by atoms with E-state index in [-0.39, 0.29) is 6.61 Å². The van der Waals surface area contributed by atoms with Crippen LogP contribution in [0.1, 0.15) is 31.2 Å². The quantitative estimate of drug-likeness (QED) is 0.704. The Balaban J connectivity index is 2.11. The fourth-order valence-corrected chi connectivity index (χ4v) is 2.62. The van der Waals surface area contributed by atoms with Crippen molar-refractivity contribution in [3.63, 3.8) is 0 Å². The normalized spacial score (nSPS) is 24.6. The predicted octanol–water partition coefficient (Wildman–Crippen LogP) is 2.54. The summed E-state index contributed by atoms with van der Waals surface area (Å²) in [6.45, 7) is 2.29. The Bertz CT molecular complexity index is 378. The van der Waals surface area contributed by atoms with Gasteiger partial charge >= 0.3 is 0 Å². The molecule has 1 fully saturated rings. The molecule has 0 bridgehead atoms. The van der Waals surface area contributed by atoms with Crippen LogP contribution in [0.5, 0.6) is 0 Å². The number of hydrogen-bond donors (Lipinski definition) is 3. The molecule has 1 aromatic carbocycles. The molecule has 17 heavy (non-hydrogen) atoms. The fourth-order valence-electron chi connectivity index (χ4n) is 2.62. The Hall–Kier alpha value is -1.22. The van der Waals surface area contributed by atoms with E-state index in [1.165, 1.54) is 12.8 Å². The summed E-state index contributed by atoms with van der Waals surface area (Å²) >= 11 is 0. The van der Waals surface area contributed by atoms with Gasteiger partial charge in [-0.15, -0.1) is 0 Å². The molecule has 0 amide bonds. The second-order valence-electron chi connectivity index (χ2n) is 5.01. The van der Waals surface area contributed by atoms with E-state index in [0.29, 0.717) is 12.0 Å². The number of nitrogen functional groups attached to an aromatic ring is 1. The molecule has 0 aliphatic heterocycles. The molecule has 1 saturated carbocycles. The molecule has 94 valence electrons. The zero-order valence-corrected chi connectivity index (χ0v) is 10.4. The Kier molecular flexibility index (Phi) is 3.89. The van der Waals surface area contributed by atoms with Crippen LogP contribution in [0.4, 0.5) is 11.4 Å². The van der Waals surface area contributed by atoms with E-state index in [1.807, 2.05) is 25.1 Å². The van der Waals surface area contributed by atoms with Crippen LogP contribution in [0.15, 0.2) is 18.2 Å². The molecule has 0 heterocycles. The lowest BCUT2D eigenvalue weighted by atomic mass is 9.85. The van der Waals surface area contributed by atoms with E-state index in [9.17, 15) is 5.11 Å². The minimum absolute atomic E-state index is 0.267. The monoisotopic (exact) mass is 234 g/mol. The summed E-state index contributed by atoms with van der Waals surface area (Å²) in [6.07, 6.45) is 4.70. The van der Waals surface area contributed by atoms with Gasteiger partial charge in [-0.3, -0.25) is 0 Å². The van der Waals surface area contributed by atoms with Crippen LogP contribution >= 0.6 is 0 Å². The zero-order valence-electron chi connectivity index (χ0n) is 10.4. The lowest BCUT2D eigenvalue weighted by Gasteiger charge is -2.32. The maximum atomic E-state index is 9.39. The molecule has 2 atom stereocenters. The average molecular weight is 234 g/mol. The lowest BCUT2D eigenvalue weighted by Crippen LogP contribution is -2.34. The first-order valence-electron chi connectivity index (χ1n) is 6.45. The summed E-state index contributed by atoms with van der Waals surface area (Å²) in [6, 6.07) is 6.42. The molecule has 4 N–H and O–H groups in total. The van der Waals surface area contributed by atoms with Crippen molar-refractivity contribution in [3.05, 3.63) is 23.8 Å². The van der Waals surface area contributed by atoms with Gasteiger partial charge in [0.15, 0.2) is 0 Å². The average Bonchev–Trinajstić information content (AvgIpc) is 2.35. The molecule has 2 unspecified atom stereocenters. The van der Waals surface area contributed by atoms with Gasteiger partial charge in [-0.2, -0.15) is 0 Å². The summed E-state index contributed by atoms with van der Waals surface area (Å²) < 4.78 is 0. The number of nitrogens with two attached hydrogens (primary N) is 1. The number of aliphatic hydroxyl groups excluding tert-OH is 1. The molecule has 1 aliphatic rings. The van der Waals surface area contributed by atoms with Gasteiger partial charge in [0.25, 0.3) is 0 Å². The molecule has 3 heteroatoms.